The number of benzene rings is 2. The van der Waals surface area contributed by atoms with Crippen LogP contribution in [0.3, 0.4) is 0 Å². The molecule has 3 heterocycles. The first-order valence-corrected chi connectivity index (χ1v) is 12.0. The molecule has 0 saturated carbocycles. The lowest BCUT2D eigenvalue weighted by Crippen LogP contribution is -2.46. The van der Waals surface area contributed by atoms with Crippen molar-refractivity contribution in [3.8, 4) is 0 Å². The van der Waals surface area contributed by atoms with Crippen LogP contribution >= 0.6 is 11.6 Å². The van der Waals surface area contributed by atoms with Crippen LogP contribution in [-0.4, -0.2) is 37.4 Å². The molecule has 0 N–H and O–H groups in total. The Morgan fingerprint density at radius 2 is 1.79 bits per heavy atom. The molecule has 2 aliphatic heterocycles. The lowest BCUT2D eigenvalue weighted by atomic mass is 10.1. The van der Waals surface area contributed by atoms with Gasteiger partial charge in [0.05, 0.1) is 39.4 Å². The topological polar surface area (TPSA) is 129 Å². The molecule has 0 atom stereocenters. The maximum absolute atomic E-state index is 13.7. The first kappa shape index (κ1) is 22.4. The fourth-order valence-corrected chi connectivity index (χ4v) is 5.46. The SMILES string of the molecule is O=C1N(c2ccc([N+](=O)[O-])cc2Cl)c2ccc(S(=O)(=O)c3ccccn3)cc2C12OCCCO2. The summed E-state index contributed by atoms with van der Waals surface area (Å²) in [4.78, 5) is 29.2. The van der Waals surface area contributed by atoms with Gasteiger partial charge in [-0.05, 0) is 42.8 Å². The summed E-state index contributed by atoms with van der Waals surface area (Å²) in [7, 11) is -3.99. The van der Waals surface area contributed by atoms with Crippen molar-refractivity contribution in [2.24, 2.45) is 0 Å². The van der Waals surface area contributed by atoms with Crippen molar-refractivity contribution < 1.29 is 27.6 Å². The number of nitro benzene ring substituents is 1. The normalized spacial score (nSPS) is 17.1. The summed E-state index contributed by atoms with van der Waals surface area (Å²) in [6.45, 7) is 0.425. The lowest BCUT2D eigenvalue weighted by molar-refractivity contribution is -0.384. The van der Waals surface area contributed by atoms with Gasteiger partial charge in [0.15, 0.2) is 5.03 Å². The molecule has 0 bridgehead atoms. The first-order chi connectivity index (χ1) is 16.3. The predicted octanol–water partition coefficient (Wildman–Crippen LogP) is 3.74. The van der Waals surface area contributed by atoms with Crippen LogP contribution in [0.15, 0.2) is 70.7 Å². The van der Waals surface area contributed by atoms with E-state index in [2.05, 4.69) is 4.98 Å². The highest BCUT2D eigenvalue weighted by Crippen LogP contribution is 2.50. The third-order valence-electron chi connectivity index (χ3n) is 5.55. The van der Waals surface area contributed by atoms with E-state index in [1.807, 2.05) is 0 Å². The molecule has 1 spiro atoms. The second-order valence-corrected chi connectivity index (χ2v) is 9.85. The molecule has 1 amide bonds. The summed E-state index contributed by atoms with van der Waals surface area (Å²) in [5.41, 5.74) is 0.428. The molecule has 2 aliphatic rings. The van der Waals surface area contributed by atoms with Crippen LogP contribution in [0, 0.1) is 10.1 Å². The summed E-state index contributed by atoms with van der Waals surface area (Å²) in [5.74, 6) is -2.50. The molecule has 1 fully saturated rings. The Balaban J connectivity index is 1.69. The molecule has 5 rings (SSSR count). The van der Waals surface area contributed by atoms with Crippen molar-refractivity contribution in [1.29, 1.82) is 0 Å². The number of nitro groups is 1. The number of hydrogen-bond acceptors (Lipinski definition) is 8. The van der Waals surface area contributed by atoms with Gasteiger partial charge < -0.3 is 9.47 Å². The van der Waals surface area contributed by atoms with Gasteiger partial charge in [-0.1, -0.05) is 17.7 Å². The number of rotatable bonds is 4. The number of amides is 1. The van der Waals surface area contributed by atoms with Crippen LogP contribution in [0.5, 0.6) is 0 Å². The summed E-state index contributed by atoms with van der Waals surface area (Å²) >= 11 is 6.31. The first-order valence-electron chi connectivity index (χ1n) is 10.1. The summed E-state index contributed by atoms with van der Waals surface area (Å²) in [5, 5.41) is 10.9. The smallest absolute Gasteiger partial charge is 0.297 e. The maximum Gasteiger partial charge on any atom is 0.297 e. The van der Waals surface area contributed by atoms with E-state index in [0.29, 0.717) is 12.1 Å². The standard InChI is InChI=1S/C22H16ClN3O7S/c23-17-12-14(26(28)29)5-7-19(17)25-18-8-6-15(34(30,31)20-4-1-2-9-24-20)13-16(18)22(21(25)27)32-10-3-11-33-22/h1-2,4-9,12-13H,3,10-11H2. The van der Waals surface area contributed by atoms with Crippen molar-refractivity contribution in [2.45, 2.75) is 22.1 Å². The molecule has 12 heteroatoms. The van der Waals surface area contributed by atoms with Crippen molar-refractivity contribution in [2.75, 3.05) is 18.1 Å². The minimum atomic E-state index is -3.99. The van der Waals surface area contributed by atoms with Crippen molar-refractivity contribution in [3.05, 3.63) is 81.5 Å². The fraction of sp³-hybridized carbons (Fsp3) is 0.182. The Labute approximate surface area is 198 Å². The van der Waals surface area contributed by atoms with Gasteiger partial charge in [-0.3, -0.25) is 19.8 Å². The van der Waals surface area contributed by atoms with Gasteiger partial charge in [-0.2, -0.15) is 0 Å². The van der Waals surface area contributed by atoms with Crippen LogP contribution in [-0.2, 0) is 29.9 Å². The van der Waals surface area contributed by atoms with Gasteiger partial charge in [0.1, 0.15) is 0 Å². The third-order valence-corrected chi connectivity index (χ3v) is 7.52. The van der Waals surface area contributed by atoms with E-state index in [1.165, 1.54) is 47.5 Å². The number of fused-ring (bicyclic) bond motifs is 2. The van der Waals surface area contributed by atoms with E-state index >= 15 is 0 Å². The van der Waals surface area contributed by atoms with E-state index in [9.17, 15) is 23.3 Å². The number of anilines is 2. The lowest BCUT2D eigenvalue weighted by Gasteiger charge is -2.32. The minimum Gasteiger partial charge on any atom is -0.338 e. The predicted molar refractivity (Wildman–Crippen MR) is 120 cm³/mol. The number of hydrogen-bond donors (Lipinski definition) is 0. The number of non-ortho nitro benzene ring substituents is 1. The molecule has 0 unspecified atom stereocenters. The van der Waals surface area contributed by atoms with Crippen LogP contribution in [0.25, 0.3) is 0 Å². The van der Waals surface area contributed by atoms with Gasteiger partial charge in [-0.15, -0.1) is 0 Å². The summed E-state index contributed by atoms with van der Waals surface area (Å²) in [6, 6.07) is 12.4. The van der Waals surface area contributed by atoms with E-state index in [4.69, 9.17) is 21.1 Å². The minimum absolute atomic E-state index is 0.0356. The number of sulfone groups is 1. The molecule has 34 heavy (non-hydrogen) atoms. The van der Waals surface area contributed by atoms with Gasteiger partial charge in [0.2, 0.25) is 9.84 Å². The molecule has 3 aromatic rings. The summed E-state index contributed by atoms with van der Waals surface area (Å²) in [6.07, 6.45) is 1.92. The number of ether oxygens (including phenoxy) is 2. The molecule has 2 aromatic carbocycles. The van der Waals surface area contributed by atoms with Crippen LogP contribution in [0.1, 0.15) is 12.0 Å². The quantitative estimate of drug-likeness (QED) is 0.390. The average Bonchev–Trinajstić information content (AvgIpc) is 3.07. The van der Waals surface area contributed by atoms with Crippen molar-refractivity contribution in [3.63, 3.8) is 0 Å². The maximum atomic E-state index is 13.7. The van der Waals surface area contributed by atoms with E-state index in [1.54, 1.807) is 12.1 Å². The number of carbonyl (C=O) groups is 1. The zero-order valence-electron chi connectivity index (χ0n) is 17.4. The Morgan fingerprint density at radius 1 is 1.06 bits per heavy atom. The highest BCUT2D eigenvalue weighted by atomic mass is 35.5. The van der Waals surface area contributed by atoms with Gasteiger partial charge >= 0.3 is 0 Å². The Kier molecular flexibility index (Phi) is 5.36. The Bertz CT molecular complexity index is 1420. The van der Waals surface area contributed by atoms with Crippen LogP contribution < -0.4 is 4.90 Å². The molecule has 1 aromatic heterocycles. The number of nitrogens with zero attached hydrogens (tertiary/aromatic N) is 3. The number of halogens is 1. The third kappa shape index (κ3) is 3.36. The van der Waals surface area contributed by atoms with Gasteiger partial charge in [0.25, 0.3) is 17.4 Å². The molecule has 174 valence electrons. The second-order valence-electron chi connectivity index (χ2n) is 7.55. The van der Waals surface area contributed by atoms with E-state index in [-0.39, 0.29) is 45.1 Å². The molecule has 0 radical (unpaired) electrons. The van der Waals surface area contributed by atoms with E-state index in [0.717, 1.165) is 6.07 Å². The highest BCUT2D eigenvalue weighted by molar-refractivity contribution is 7.91. The molecule has 1 saturated heterocycles. The van der Waals surface area contributed by atoms with Crippen molar-refractivity contribution >= 4 is 44.4 Å². The Morgan fingerprint density at radius 3 is 2.44 bits per heavy atom. The van der Waals surface area contributed by atoms with Crippen LogP contribution in [0.4, 0.5) is 17.1 Å². The van der Waals surface area contributed by atoms with Gasteiger partial charge in [0, 0.05) is 23.9 Å². The van der Waals surface area contributed by atoms with Gasteiger partial charge in [-0.25, -0.2) is 13.4 Å². The largest absolute Gasteiger partial charge is 0.338 e. The summed E-state index contributed by atoms with van der Waals surface area (Å²) < 4.78 is 38.0. The number of aromatic nitrogens is 1. The zero-order chi connectivity index (χ0) is 24.1. The van der Waals surface area contributed by atoms with Crippen molar-refractivity contribution in [1.82, 2.24) is 4.98 Å². The number of pyridine rings is 1. The monoisotopic (exact) mass is 501 g/mol. The average molecular weight is 502 g/mol. The molecular formula is C22H16ClN3O7S. The second kappa shape index (κ2) is 8.13. The zero-order valence-corrected chi connectivity index (χ0v) is 19.0. The van der Waals surface area contributed by atoms with E-state index < -0.39 is 26.5 Å². The highest BCUT2D eigenvalue weighted by Gasteiger charge is 2.56. The Hall–Kier alpha value is -3.38. The molecule has 10 nitrogen and oxygen atoms in total. The van der Waals surface area contributed by atoms with Crippen LogP contribution in [0.2, 0.25) is 5.02 Å². The molecule has 0 aliphatic carbocycles. The number of carbonyl (C=O) groups excluding carboxylic acids is 1. The molecular weight excluding hydrogens is 486 g/mol. The fourth-order valence-electron chi connectivity index (χ4n) is 3.98.